The quantitative estimate of drug-likeness (QED) is 0.379. The van der Waals surface area contributed by atoms with Crippen molar-refractivity contribution in [3.05, 3.63) is 83.9 Å². The zero-order valence-electron chi connectivity index (χ0n) is 22.6. The fourth-order valence-corrected chi connectivity index (χ4v) is 4.14. The van der Waals surface area contributed by atoms with E-state index in [1.165, 1.54) is 7.05 Å². The van der Waals surface area contributed by atoms with Crippen molar-refractivity contribution in [3.63, 3.8) is 0 Å². The normalized spacial score (nSPS) is 12.4. The second-order valence-electron chi connectivity index (χ2n) is 10.1. The monoisotopic (exact) mass is 537 g/mol. The molecule has 0 heterocycles. The number of anilines is 3. The highest BCUT2D eigenvalue weighted by molar-refractivity contribution is 7.92. The van der Waals surface area contributed by atoms with Crippen molar-refractivity contribution in [1.29, 1.82) is 0 Å². The Morgan fingerprint density at radius 1 is 0.921 bits per heavy atom. The number of hydrogen-bond donors (Lipinski definition) is 2. The van der Waals surface area contributed by atoms with Crippen LogP contribution in [0.3, 0.4) is 0 Å². The summed E-state index contributed by atoms with van der Waals surface area (Å²) in [7, 11) is -1.91. The van der Waals surface area contributed by atoms with E-state index in [1.807, 2.05) is 19.1 Å². The summed E-state index contributed by atoms with van der Waals surface area (Å²) in [4.78, 5) is 25.6. The molecule has 9 heteroatoms. The molecule has 38 heavy (non-hydrogen) atoms. The fraction of sp³-hybridized carbons (Fsp3) is 0.310. The van der Waals surface area contributed by atoms with Gasteiger partial charge in [-0.05, 0) is 72.0 Å². The third-order valence-electron chi connectivity index (χ3n) is 6.04. The van der Waals surface area contributed by atoms with Crippen molar-refractivity contribution in [2.24, 2.45) is 0 Å². The molecule has 2 amide bonds. The molecule has 3 rings (SSSR count). The Morgan fingerprint density at radius 2 is 1.50 bits per heavy atom. The maximum atomic E-state index is 12.9. The van der Waals surface area contributed by atoms with Crippen LogP contribution < -0.4 is 19.7 Å². The van der Waals surface area contributed by atoms with Gasteiger partial charge in [-0.1, -0.05) is 45.9 Å². The molecule has 0 unspecified atom stereocenters. The van der Waals surface area contributed by atoms with E-state index >= 15 is 0 Å². The SMILES string of the molecule is CC[C@H](Oc1ccc(N(C)S(C)(=O)=O)cc1)C(=O)Nc1cccc(NC(=O)c2ccc(C(C)(C)C)cc2)c1. The minimum atomic E-state index is -3.38. The first-order chi connectivity index (χ1) is 17.8. The third kappa shape index (κ3) is 7.58. The molecule has 0 saturated heterocycles. The average Bonchev–Trinajstić information content (AvgIpc) is 2.86. The molecule has 3 aromatic rings. The maximum absolute atomic E-state index is 12.9. The van der Waals surface area contributed by atoms with Gasteiger partial charge in [-0.3, -0.25) is 13.9 Å². The van der Waals surface area contributed by atoms with Crippen LogP contribution in [0.25, 0.3) is 0 Å². The Balaban J connectivity index is 1.63. The van der Waals surface area contributed by atoms with Crippen LogP contribution in [0.15, 0.2) is 72.8 Å². The van der Waals surface area contributed by atoms with E-state index in [-0.39, 0.29) is 17.2 Å². The lowest BCUT2D eigenvalue weighted by atomic mass is 9.87. The molecule has 8 nitrogen and oxygen atoms in total. The molecular weight excluding hydrogens is 502 g/mol. The van der Waals surface area contributed by atoms with E-state index < -0.39 is 16.1 Å². The van der Waals surface area contributed by atoms with Crippen LogP contribution in [-0.4, -0.2) is 39.6 Å². The van der Waals surface area contributed by atoms with E-state index in [4.69, 9.17) is 4.74 Å². The molecule has 1 atom stereocenters. The van der Waals surface area contributed by atoms with Crippen LogP contribution in [0.5, 0.6) is 5.75 Å². The van der Waals surface area contributed by atoms with Gasteiger partial charge < -0.3 is 15.4 Å². The van der Waals surface area contributed by atoms with Crippen molar-refractivity contribution in [2.45, 2.75) is 45.6 Å². The van der Waals surface area contributed by atoms with Gasteiger partial charge in [0.15, 0.2) is 6.10 Å². The van der Waals surface area contributed by atoms with Gasteiger partial charge in [-0.2, -0.15) is 0 Å². The van der Waals surface area contributed by atoms with Crippen molar-refractivity contribution < 1.29 is 22.7 Å². The lowest BCUT2D eigenvalue weighted by Gasteiger charge is -2.20. The molecule has 0 bridgehead atoms. The van der Waals surface area contributed by atoms with Gasteiger partial charge >= 0.3 is 0 Å². The highest BCUT2D eigenvalue weighted by atomic mass is 32.2. The van der Waals surface area contributed by atoms with Gasteiger partial charge in [-0.25, -0.2) is 8.42 Å². The number of rotatable bonds is 9. The highest BCUT2D eigenvalue weighted by Gasteiger charge is 2.20. The van der Waals surface area contributed by atoms with Gasteiger partial charge in [0.2, 0.25) is 10.0 Å². The van der Waals surface area contributed by atoms with Crippen LogP contribution in [0.2, 0.25) is 0 Å². The van der Waals surface area contributed by atoms with Crippen LogP contribution in [-0.2, 0) is 20.2 Å². The van der Waals surface area contributed by atoms with E-state index in [0.717, 1.165) is 16.1 Å². The molecular formula is C29H35N3O5S. The summed E-state index contributed by atoms with van der Waals surface area (Å²) in [6.45, 7) is 8.18. The van der Waals surface area contributed by atoms with E-state index in [0.29, 0.717) is 34.8 Å². The maximum Gasteiger partial charge on any atom is 0.265 e. The van der Waals surface area contributed by atoms with Crippen LogP contribution in [0, 0.1) is 0 Å². The molecule has 0 aromatic heterocycles. The minimum Gasteiger partial charge on any atom is -0.481 e. The molecule has 0 aliphatic carbocycles. The number of ether oxygens (including phenoxy) is 1. The first kappa shape index (κ1) is 28.7. The Labute approximate surface area is 225 Å². The topological polar surface area (TPSA) is 105 Å². The lowest BCUT2D eigenvalue weighted by Crippen LogP contribution is -2.32. The summed E-state index contributed by atoms with van der Waals surface area (Å²) >= 11 is 0. The fourth-order valence-electron chi connectivity index (χ4n) is 3.63. The molecule has 0 aliphatic rings. The summed E-state index contributed by atoms with van der Waals surface area (Å²) in [6.07, 6.45) is 0.769. The number of benzene rings is 3. The van der Waals surface area contributed by atoms with Crippen molar-refractivity contribution in [2.75, 3.05) is 28.2 Å². The van der Waals surface area contributed by atoms with Gasteiger partial charge in [0.1, 0.15) is 5.75 Å². The number of sulfonamides is 1. The number of hydrogen-bond acceptors (Lipinski definition) is 5. The van der Waals surface area contributed by atoms with Crippen molar-refractivity contribution in [1.82, 2.24) is 0 Å². The van der Waals surface area contributed by atoms with Crippen molar-refractivity contribution in [3.8, 4) is 5.75 Å². The second-order valence-corrected chi connectivity index (χ2v) is 12.1. The zero-order valence-corrected chi connectivity index (χ0v) is 23.4. The van der Waals surface area contributed by atoms with E-state index in [1.54, 1.807) is 60.7 Å². The molecule has 2 N–H and O–H groups in total. The molecule has 3 aromatic carbocycles. The summed E-state index contributed by atoms with van der Waals surface area (Å²) < 4.78 is 30.5. The smallest absolute Gasteiger partial charge is 0.265 e. The molecule has 0 radical (unpaired) electrons. The number of carbonyl (C=O) groups is 2. The van der Waals surface area contributed by atoms with Crippen LogP contribution in [0.4, 0.5) is 17.1 Å². The van der Waals surface area contributed by atoms with Gasteiger partial charge in [0.25, 0.3) is 11.8 Å². The minimum absolute atomic E-state index is 0.0000110. The molecule has 0 fully saturated rings. The Hall–Kier alpha value is -3.85. The van der Waals surface area contributed by atoms with E-state index in [2.05, 4.69) is 31.4 Å². The van der Waals surface area contributed by atoms with Crippen LogP contribution in [0.1, 0.15) is 50.0 Å². The second kappa shape index (κ2) is 11.7. The Morgan fingerprint density at radius 3 is 2.03 bits per heavy atom. The molecule has 0 aliphatic heterocycles. The van der Waals surface area contributed by atoms with E-state index in [9.17, 15) is 18.0 Å². The Bertz CT molecular complexity index is 1380. The molecule has 0 saturated carbocycles. The van der Waals surface area contributed by atoms with Gasteiger partial charge in [-0.15, -0.1) is 0 Å². The number of amides is 2. The number of carbonyl (C=O) groups excluding carboxylic acids is 2. The average molecular weight is 538 g/mol. The summed E-state index contributed by atoms with van der Waals surface area (Å²) in [5.41, 5.74) is 3.24. The number of nitrogens with one attached hydrogen (secondary N) is 2. The summed E-state index contributed by atoms with van der Waals surface area (Å²) in [6, 6.07) is 20.9. The lowest BCUT2D eigenvalue weighted by molar-refractivity contribution is -0.122. The zero-order chi connectivity index (χ0) is 28.1. The van der Waals surface area contributed by atoms with Gasteiger partial charge in [0.05, 0.1) is 11.9 Å². The standard InChI is InChI=1S/C29H35N3O5S/c1-7-26(37-25-17-15-24(16-18-25)32(5)38(6,35)36)28(34)31-23-10-8-9-22(19-23)30-27(33)20-11-13-21(14-12-20)29(2,3)4/h8-19,26H,7H2,1-6H3,(H,30,33)(H,31,34)/t26-/m0/s1. The third-order valence-corrected chi connectivity index (χ3v) is 7.25. The first-order valence-corrected chi connectivity index (χ1v) is 14.2. The summed E-state index contributed by atoms with van der Waals surface area (Å²) in [5, 5.41) is 5.71. The highest BCUT2D eigenvalue weighted by Crippen LogP contribution is 2.24. The molecule has 202 valence electrons. The van der Waals surface area contributed by atoms with Crippen molar-refractivity contribution >= 4 is 38.9 Å². The summed E-state index contributed by atoms with van der Waals surface area (Å²) in [5.74, 6) is -0.143. The van der Waals surface area contributed by atoms with Crippen LogP contribution >= 0.6 is 0 Å². The first-order valence-electron chi connectivity index (χ1n) is 12.3. The van der Waals surface area contributed by atoms with Gasteiger partial charge in [0, 0.05) is 24.0 Å². The largest absolute Gasteiger partial charge is 0.481 e. The predicted molar refractivity (Wildman–Crippen MR) is 153 cm³/mol. The molecule has 0 spiro atoms. The Kier molecular flexibility index (Phi) is 8.83. The number of nitrogens with zero attached hydrogens (tertiary/aromatic N) is 1. The predicted octanol–water partition coefficient (Wildman–Crippen LogP) is 5.43.